The summed E-state index contributed by atoms with van der Waals surface area (Å²) in [5.74, 6) is 1.21. The quantitative estimate of drug-likeness (QED) is 0.814. The summed E-state index contributed by atoms with van der Waals surface area (Å²) in [6, 6.07) is 6.50. The molecule has 1 aromatic heterocycles. The smallest absolute Gasteiger partial charge is 0.410 e. The number of anilines is 1. The Bertz CT molecular complexity index is 882. The SMILES string of the molecule is Cc1nnc(Cc2ccc(F)cc2)c(NC2CCN(C(=O)OC(C)(C)C)CC2C)n1. The molecule has 8 heteroatoms. The monoisotopic (exact) mass is 415 g/mol. The molecular formula is C22H30FN5O2. The second kappa shape index (κ2) is 8.93. The molecule has 3 rings (SSSR count). The molecule has 0 bridgehead atoms. The van der Waals surface area contributed by atoms with Crippen molar-refractivity contribution in [1.29, 1.82) is 0 Å². The van der Waals surface area contributed by atoms with Crippen molar-refractivity contribution in [2.45, 2.75) is 59.1 Å². The zero-order valence-electron chi connectivity index (χ0n) is 18.3. The van der Waals surface area contributed by atoms with Gasteiger partial charge >= 0.3 is 6.09 Å². The summed E-state index contributed by atoms with van der Waals surface area (Å²) >= 11 is 0. The molecule has 162 valence electrons. The van der Waals surface area contributed by atoms with E-state index in [-0.39, 0.29) is 23.9 Å². The van der Waals surface area contributed by atoms with Gasteiger partial charge in [-0.2, -0.15) is 0 Å². The summed E-state index contributed by atoms with van der Waals surface area (Å²) in [4.78, 5) is 18.7. The number of aryl methyl sites for hydroxylation is 1. The van der Waals surface area contributed by atoms with Gasteiger partial charge < -0.3 is 15.0 Å². The van der Waals surface area contributed by atoms with Gasteiger partial charge in [0.1, 0.15) is 22.9 Å². The Hall–Kier alpha value is -2.77. The Morgan fingerprint density at radius 2 is 1.97 bits per heavy atom. The lowest BCUT2D eigenvalue weighted by Crippen LogP contribution is -2.49. The second-order valence-electron chi connectivity index (χ2n) is 8.90. The van der Waals surface area contributed by atoms with E-state index >= 15 is 0 Å². The number of nitrogens with one attached hydrogen (secondary N) is 1. The zero-order valence-corrected chi connectivity index (χ0v) is 18.3. The maximum absolute atomic E-state index is 13.2. The Morgan fingerprint density at radius 1 is 1.27 bits per heavy atom. The number of amides is 1. The van der Waals surface area contributed by atoms with Crippen LogP contribution in [-0.4, -0.2) is 50.9 Å². The molecule has 0 aliphatic carbocycles. The molecule has 2 aromatic rings. The van der Waals surface area contributed by atoms with Gasteiger partial charge in [-0.3, -0.25) is 0 Å². The Balaban J connectivity index is 1.68. The van der Waals surface area contributed by atoms with Gasteiger partial charge in [0, 0.05) is 25.6 Å². The van der Waals surface area contributed by atoms with Crippen molar-refractivity contribution in [1.82, 2.24) is 20.1 Å². The summed E-state index contributed by atoms with van der Waals surface area (Å²) in [7, 11) is 0. The number of aromatic nitrogens is 3. The molecule has 1 aliphatic heterocycles. The summed E-state index contributed by atoms with van der Waals surface area (Å²) in [6.07, 6.45) is 1.01. The first kappa shape index (κ1) is 21.9. The van der Waals surface area contributed by atoms with Crippen molar-refractivity contribution in [3.05, 3.63) is 47.2 Å². The van der Waals surface area contributed by atoms with Crippen molar-refractivity contribution in [3.63, 3.8) is 0 Å². The van der Waals surface area contributed by atoms with Gasteiger partial charge in [0.15, 0.2) is 5.82 Å². The highest BCUT2D eigenvalue weighted by Crippen LogP contribution is 2.24. The number of hydrogen-bond acceptors (Lipinski definition) is 6. The Labute approximate surface area is 177 Å². The van der Waals surface area contributed by atoms with E-state index in [1.54, 1.807) is 24.0 Å². The van der Waals surface area contributed by atoms with Gasteiger partial charge in [0.25, 0.3) is 0 Å². The van der Waals surface area contributed by atoms with Crippen molar-refractivity contribution < 1.29 is 13.9 Å². The molecule has 1 amide bonds. The van der Waals surface area contributed by atoms with E-state index in [9.17, 15) is 9.18 Å². The molecule has 0 radical (unpaired) electrons. The van der Waals surface area contributed by atoms with Gasteiger partial charge in [-0.05, 0) is 57.7 Å². The van der Waals surface area contributed by atoms with E-state index in [4.69, 9.17) is 4.74 Å². The minimum absolute atomic E-state index is 0.145. The normalized spacial score (nSPS) is 19.5. The molecule has 1 aromatic carbocycles. The fraction of sp³-hybridized carbons (Fsp3) is 0.545. The first-order valence-corrected chi connectivity index (χ1v) is 10.3. The Morgan fingerprint density at radius 3 is 2.60 bits per heavy atom. The molecule has 2 heterocycles. The average molecular weight is 416 g/mol. The fourth-order valence-corrected chi connectivity index (χ4v) is 3.49. The van der Waals surface area contributed by atoms with Crippen LogP contribution in [0, 0.1) is 18.7 Å². The van der Waals surface area contributed by atoms with E-state index in [1.807, 2.05) is 20.8 Å². The van der Waals surface area contributed by atoms with Gasteiger partial charge in [-0.15, -0.1) is 10.2 Å². The average Bonchev–Trinajstić information content (AvgIpc) is 2.66. The molecule has 1 saturated heterocycles. The third kappa shape index (κ3) is 5.87. The lowest BCUT2D eigenvalue weighted by molar-refractivity contribution is 0.0165. The number of halogens is 1. The predicted molar refractivity (Wildman–Crippen MR) is 113 cm³/mol. The van der Waals surface area contributed by atoms with E-state index in [1.165, 1.54) is 12.1 Å². The van der Waals surface area contributed by atoms with Crippen molar-refractivity contribution in [2.24, 2.45) is 5.92 Å². The molecule has 7 nitrogen and oxygen atoms in total. The first-order chi connectivity index (χ1) is 14.1. The largest absolute Gasteiger partial charge is 0.444 e. The number of hydrogen-bond donors (Lipinski definition) is 1. The van der Waals surface area contributed by atoms with Crippen LogP contribution in [0.3, 0.4) is 0 Å². The highest BCUT2D eigenvalue weighted by Gasteiger charge is 2.31. The molecule has 30 heavy (non-hydrogen) atoms. The molecule has 2 unspecified atom stereocenters. The summed E-state index contributed by atoms with van der Waals surface area (Å²) in [6.45, 7) is 10.7. The number of likely N-dealkylation sites (tertiary alicyclic amines) is 1. The number of carbonyl (C=O) groups excluding carboxylic acids is 1. The fourth-order valence-electron chi connectivity index (χ4n) is 3.49. The van der Waals surface area contributed by atoms with Gasteiger partial charge in [-0.1, -0.05) is 19.1 Å². The van der Waals surface area contributed by atoms with Crippen LogP contribution in [-0.2, 0) is 11.2 Å². The molecule has 1 fully saturated rings. The standard InChI is InChI=1S/C22H30FN5O2/c1-14-13-28(21(29)30-22(3,4)5)11-10-18(14)25-20-19(27-26-15(2)24-20)12-16-6-8-17(23)9-7-16/h6-9,14,18H,10-13H2,1-5H3,(H,24,25,26). The third-order valence-corrected chi connectivity index (χ3v) is 5.03. The van der Waals surface area contributed by atoms with Crippen LogP contribution in [0.15, 0.2) is 24.3 Å². The molecule has 2 atom stereocenters. The number of piperidine rings is 1. The number of ether oxygens (including phenoxy) is 1. The van der Waals surface area contributed by atoms with Crippen LogP contribution in [0.2, 0.25) is 0 Å². The van der Waals surface area contributed by atoms with E-state index < -0.39 is 5.60 Å². The van der Waals surface area contributed by atoms with Crippen LogP contribution in [0.5, 0.6) is 0 Å². The number of benzene rings is 1. The molecule has 0 spiro atoms. The number of nitrogens with zero attached hydrogens (tertiary/aromatic N) is 4. The lowest BCUT2D eigenvalue weighted by atomic mass is 9.94. The zero-order chi connectivity index (χ0) is 21.9. The van der Waals surface area contributed by atoms with Crippen LogP contribution in [0.25, 0.3) is 0 Å². The minimum Gasteiger partial charge on any atom is -0.444 e. The van der Waals surface area contributed by atoms with Crippen LogP contribution < -0.4 is 5.32 Å². The van der Waals surface area contributed by atoms with Crippen molar-refractivity contribution in [3.8, 4) is 0 Å². The van der Waals surface area contributed by atoms with E-state index in [0.717, 1.165) is 12.0 Å². The van der Waals surface area contributed by atoms with Crippen LogP contribution in [0.1, 0.15) is 51.2 Å². The van der Waals surface area contributed by atoms with E-state index in [0.29, 0.717) is 36.8 Å². The Kier molecular flexibility index (Phi) is 6.53. The third-order valence-electron chi connectivity index (χ3n) is 5.03. The topological polar surface area (TPSA) is 80.2 Å². The maximum atomic E-state index is 13.2. The summed E-state index contributed by atoms with van der Waals surface area (Å²) in [5.41, 5.74) is 1.15. The predicted octanol–water partition coefficient (Wildman–Crippen LogP) is 3.97. The first-order valence-electron chi connectivity index (χ1n) is 10.3. The summed E-state index contributed by atoms with van der Waals surface area (Å²) < 4.78 is 18.7. The number of rotatable bonds is 4. The van der Waals surface area contributed by atoms with Crippen molar-refractivity contribution in [2.75, 3.05) is 18.4 Å². The summed E-state index contributed by atoms with van der Waals surface area (Å²) in [5, 5.41) is 11.9. The van der Waals surface area contributed by atoms with Crippen LogP contribution >= 0.6 is 0 Å². The van der Waals surface area contributed by atoms with Gasteiger partial charge in [0.2, 0.25) is 0 Å². The second-order valence-corrected chi connectivity index (χ2v) is 8.90. The molecular weight excluding hydrogens is 385 g/mol. The van der Waals surface area contributed by atoms with Gasteiger partial charge in [-0.25, -0.2) is 14.2 Å². The molecule has 0 saturated carbocycles. The highest BCUT2D eigenvalue weighted by atomic mass is 19.1. The molecule has 1 aliphatic rings. The van der Waals surface area contributed by atoms with E-state index in [2.05, 4.69) is 27.4 Å². The number of carbonyl (C=O) groups is 1. The van der Waals surface area contributed by atoms with Gasteiger partial charge in [0.05, 0.1) is 0 Å². The lowest BCUT2D eigenvalue weighted by Gasteiger charge is -2.38. The van der Waals surface area contributed by atoms with Crippen LogP contribution in [0.4, 0.5) is 15.0 Å². The maximum Gasteiger partial charge on any atom is 0.410 e. The highest BCUT2D eigenvalue weighted by molar-refractivity contribution is 5.68. The molecule has 1 N–H and O–H groups in total. The minimum atomic E-state index is -0.505. The van der Waals surface area contributed by atoms with Crippen molar-refractivity contribution >= 4 is 11.9 Å².